The predicted molar refractivity (Wildman–Crippen MR) is 111 cm³/mol. The van der Waals surface area contributed by atoms with Crippen LogP contribution in [0, 0.1) is 0 Å². The van der Waals surface area contributed by atoms with Crippen LogP contribution in [0.25, 0.3) is 11.1 Å². The van der Waals surface area contributed by atoms with Crippen LogP contribution < -0.4 is 19.5 Å². The van der Waals surface area contributed by atoms with Crippen molar-refractivity contribution in [2.24, 2.45) is 0 Å². The molecule has 0 atom stereocenters. The van der Waals surface area contributed by atoms with E-state index in [2.05, 4.69) is 22.4 Å². The molecule has 0 radical (unpaired) electrons. The van der Waals surface area contributed by atoms with E-state index >= 15 is 0 Å². The lowest BCUT2D eigenvalue weighted by atomic mass is 9.98. The zero-order chi connectivity index (χ0) is 19.8. The minimum absolute atomic E-state index is 0.595. The second kappa shape index (κ2) is 9.76. The minimum Gasteiger partial charge on any atom is -0.493 e. The fourth-order valence-corrected chi connectivity index (χ4v) is 3.11. The molecule has 1 aromatic heterocycles. The molecular formula is C23H26N2O3. The number of hydrogen-bond acceptors (Lipinski definition) is 5. The van der Waals surface area contributed by atoms with Crippen LogP contribution in [0.1, 0.15) is 18.1 Å². The lowest BCUT2D eigenvalue weighted by Crippen LogP contribution is -2.15. The van der Waals surface area contributed by atoms with Crippen molar-refractivity contribution in [3.63, 3.8) is 0 Å². The van der Waals surface area contributed by atoms with Gasteiger partial charge in [-0.25, -0.2) is 4.98 Å². The minimum atomic E-state index is 0.595. The van der Waals surface area contributed by atoms with Gasteiger partial charge in [-0.2, -0.15) is 0 Å². The van der Waals surface area contributed by atoms with Gasteiger partial charge in [-0.05, 0) is 41.8 Å². The van der Waals surface area contributed by atoms with Gasteiger partial charge in [0.2, 0.25) is 5.88 Å². The largest absolute Gasteiger partial charge is 0.493 e. The van der Waals surface area contributed by atoms with Crippen molar-refractivity contribution >= 4 is 0 Å². The number of aromatic nitrogens is 1. The summed E-state index contributed by atoms with van der Waals surface area (Å²) in [5.74, 6) is 2.11. The third-order valence-electron chi connectivity index (χ3n) is 4.46. The van der Waals surface area contributed by atoms with Gasteiger partial charge in [-0.3, -0.25) is 0 Å². The molecule has 5 nitrogen and oxygen atoms in total. The van der Waals surface area contributed by atoms with Crippen molar-refractivity contribution in [2.45, 2.75) is 20.0 Å². The van der Waals surface area contributed by atoms with Crippen molar-refractivity contribution < 1.29 is 14.2 Å². The van der Waals surface area contributed by atoms with Gasteiger partial charge in [-0.1, -0.05) is 36.4 Å². The van der Waals surface area contributed by atoms with Gasteiger partial charge in [0.15, 0.2) is 11.5 Å². The predicted octanol–water partition coefficient (Wildman–Crippen LogP) is 4.45. The monoisotopic (exact) mass is 378 g/mol. The smallest absolute Gasteiger partial charge is 0.217 e. The van der Waals surface area contributed by atoms with Crippen molar-refractivity contribution in [1.82, 2.24) is 10.3 Å². The Morgan fingerprint density at radius 3 is 2.29 bits per heavy atom. The molecule has 3 aromatic rings. The number of nitrogens with one attached hydrogen (secondary N) is 1. The van der Waals surface area contributed by atoms with Crippen LogP contribution in [0.2, 0.25) is 0 Å². The molecule has 2 aromatic carbocycles. The van der Waals surface area contributed by atoms with Gasteiger partial charge >= 0.3 is 0 Å². The Balaban J connectivity index is 1.85. The summed E-state index contributed by atoms with van der Waals surface area (Å²) >= 11 is 0. The molecule has 0 fully saturated rings. The Morgan fingerprint density at radius 2 is 1.57 bits per heavy atom. The van der Waals surface area contributed by atoms with Crippen LogP contribution in [0.3, 0.4) is 0 Å². The Kier molecular flexibility index (Phi) is 6.87. The Hall–Kier alpha value is -3.05. The Morgan fingerprint density at radius 1 is 0.857 bits per heavy atom. The van der Waals surface area contributed by atoms with E-state index in [0.717, 1.165) is 33.8 Å². The molecule has 0 saturated carbocycles. The molecule has 3 rings (SSSR count). The highest BCUT2D eigenvalue weighted by Crippen LogP contribution is 2.35. The number of rotatable bonds is 9. The highest BCUT2D eigenvalue weighted by molar-refractivity contribution is 5.71. The van der Waals surface area contributed by atoms with E-state index < -0.39 is 0 Å². The first-order valence-corrected chi connectivity index (χ1v) is 9.34. The van der Waals surface area contributed by atoms with E-state index in [1.165, 1.54) is 0 Å². The molecule has 5 heteroatoms. The lowest BCUT2D eigenvalue weighted by molar-refractivity contribution is 0.322. The fourth-order valence-electron chi connectivity index (χ4n) is 3.11. The molecule has 1 N–H and O–H groups in total. The van der Waals surface area contributed by atoms with Gasteiger partial charge in [0, 0.05) is 24.8 Å². The van der Waals surface area contributed by atoms with Gasteiger partial charge in [-0.15, -0.1) is 0 Å². The summed E-state index contributed by atoms with van der Waals surface area (Å²) in [6.07, 6.45) is 1.75. The van der Waals surface area contributed by atoms with Crippen LogP contribution in [0.5, 0.6) is 17.4 Å². The van der Waals surface area contributed by atoms with Crippen molar-refractivity contribution in [3.05, 3.63) is 71.9 Å². The molecule has 0 aliphatic rings. The zero-order valence-electron chi connectivity index (χ0n) is 16.6. The summed E-state index contributed by atoms with van der Waals surface area (Å²) in [4.78, 5) is 4.31. The summed E-state index contributed by atoms with van der Waals surface area (Å²) in [6.45, 7) is 3.89. The van der Waals surface area contributed by atoms with Crippen LogP contribution >= 0.6 is 0 Å². The number of hydrogen-bond donors (Lipinski definition) is 1. The molecular weight excluding hydrogens is 352 g/mol. The number of pyridine rings is 1. The summed E-state index contributed by atoms with van der Waals surface area (Å²) < 4.78 is 16.6. The number of methoxy groups -OCH3 is 2. The second-order valence-electron chi connectivity index (χ2n) is 6.23. The molecule has 0 spiro atoms. The van der Waals surface area contributed by atoms with E-state index in [9.17, 15) is 0 Å². The first-order valence-electron chi connectivity index (χ1n) is 9.34. The highest BCUT2D eigenvalue weighted by atomic mass is 16.5. The van der Waals surface area contributed by atoms with E-state index in [1.807, 2.05) is 49.4 Å². The third kappa shape index (κ3) is 4.61. The average molecular weight is 378 g/mol. The first-order chi connectivity index (χ1) is 13.8. The van der Waals surface area contributed by atoms with Crippen LogP contribution in [-0.2, 0) is 13.1 Å². The Labute approximate surface area is 166 Å². The van der Waals surface area contributed by atoms with E-state index in [0.29, 0.717) is 25.6 Å². The first kappa shape index (κ1) is 19.7. The molecule has 0 unspecified atom stereocenters. The van der Waals surface area contributed by atoms with Gasteiger partial charge < -0.3 is 19.5 Å². The summed E-state index contributed by atoms with van der Waals surface area (Å²) in [5, 5.41) is 3.50. The molecule has 0 saturated heterocycles. The number of benzene rings is 2. The molecule has 0 aliphatic carbocycles. The maximum atomic E-state index is 5.61. The quantitative estimate of drug-likeness (QED) is 0.596. The van der Waals surface area contributed by atoms with Gasteiger partial charge in [0.05, 0.1) is 20.8 Å². The molecule has 28 heavy (non-hydrogen) atoms. The molecule has 0 amide bonds. The third-order valence-corrected chi connectivity index (χ3v) is 4.46. The molecule has 1 heterocycles. The topological polar surface area (TPSA) is 52.6 Å². The Bertz CT molecular complexity index is 898. The maximum Gasteiger partial charge on any atom is 0.217 e. The van der Waals surface area contributed by atoms with E-state index in [-0.39, 0.29) is 0 Å². The van der Waals surface area contributed by atoms with Crippen molar-refractivity contribution in [2.75, 3.05) is 20.8 Å². The maximum absolute atomic E-state index is 5.61. The van der Waals surface area contributed by atoms with Gasteiger partial charge in [0.1, 0.15) is 0 Å². The van der Waals surface area contributed by atoms with Crippen LogP contribution in [0.4, 0.5) is 0 Å². The SMILES string of the molecule is CCOc1ncccc1CNCc1cc(OC)c(OC)cc1-c1ccccc1. The standard InChI is InChI=1S/C23H26N2O3/c1-4-28-23-18(11-8-12-25-23)15-24-16-19-13-21(26-2)22(27-3)14-20(19)17-9-6-5-7-10-17/h5-14,24H,4,15-16H2,1-3H3. The molecule has 146 valence electrons. The number of ether oxygens (including phenoxy) is 3. The summed E-state index contributed by atoms with van der Waals surface area (Å²) in [6, 6.07) is 18.3. The summed E-state index contributed by atoms with van der Waals surface area (Å²) in [7, 11) is 3.31. The fraction of sp³-hybridized carbons (Fsp3) is 0.261. The average Bonchev–Trinajstić information content (AvgIpc) is 2.75. The van der Waals surface area contributed by atoms with E-state index in [4.69, 9.17) is 14.2 Å². The molecule has 0 bridgehead atoms. The van der Waals surface area contributed by atoms with Crippen LogP contribution in [0.15, 0.2) is 60.8 Å². The van der Waals surface area contributed by atoms with Crippen molar-refractivity contribution in [1.29, 1.82) is 0 Å². The summed E-state index contributed by atoms with van der Waals surface area (Å²) in [5.41, 5.74) is 4.41. The van der Waals surface area contributed by atoms with Crippen molar-refractivity contribution in [3.8, 4) is 28.5 Å². The highest BCUT2D eigenvalue weighted by Gasteiger charge is 2.13. The van der Waals surface area contributed by atoms with Crippen LogP contribution in [-0.4, -0.2) is 25.8 Å². The zero-order valence-corrected chi connectivity index (χ0v) is 16.6. The van der Waals surface area contributed by atoms with Gasteiger partial charge in [0.25, 0.3) is 0 Å². The van der Waals surface area contributed by atoms with E-state index in [1.54, 1.807) is 20.4 Å². The lowest BCUT2D eigenvalue weighted by Gasteiger charge is -2.16. The number of nitrogens with zero attached hydrogens (tertiary/aromatic N) is 1. The normalized spacial score (nSPS) is 10.5. The second-order valence-corrected chi connectivity index (χ2v) is 6.23. The molecule has 0 aliphatic heterocycles.